The monoisotopic (exact) mass is 241 g/mol. The number of benzene rings is 2. The lowest BCUT2D eigenvalue weighted by molar-refractivity contribution is 1.07. The van der Waals surface area contributed by atoms with Gasteiger partial charge in [0, 0.05) is 6.54 Å². The van der Waals surface area contributed by atoms with Crippen LogP contribution >= 0.6 is 0 Å². The molecule has 0 unspecified atom stereocenters. The molecule has 18 heavy (non-hydrogen) atoms. The molecule has 0 saturated heterocycles. The molecule has 3 heteroatoms. The third-order valence-corrected chi connectivity index (χ3v) is 2.88. The van der Waals surface area contributed by atoms with Crippen molar-refractivity contribution in [1.82, 2.24) is 0 Å². The molecule has 0 aromatic heterocycles. The van der Waals surface area contributed by atoms with E-state index in [1.54, 1.807) is 0 Å². The maximum atomic E-state index is 5.56. The summed E-state index contributed by atoms with van der Waals surface area (Å²) in [5.74, 6) is 0. The summed E-state index contributed by atoms with van der Waals surface area (Å²) in [6.07, 6.45) is 1.04. The summed E-state index contributed by atoms with van der Waals surface area (Å²) in [6.45, 7) is 2.73. The van der Waals surface area contributed by atoms with Crippen LogP contribution < -0.4 is 16.6 Å². The third kappa shape index (κ3) is 3.25. The Labute approximate surface area is 108 Å². The Kier molecular flexibility index (Phi) is 4.20. The smallest absolute Gasteiger partial charge is 0.0542 e. The molecule has 0 atom stereocenters. The van der Waals surface area contributed by atoms with E-state index >= 15 is 0 Å². The fourth-order valence-corrected chi connectivity index (χ4v) is 1.74. The van der Waals surface area contributed by atoms with Crippen molar-refractivity contribution in [3.8, 4) is 0 Å². The number of hydrogen-bond donors (Lipinski definition) is 3. The minimum Gasteiger partial charge on any atom is -0.326 e. The van der Waals surface area contributed by atoms with E-state index in [1.165, 1.54) is 5.56 Å². The van der Waals surface area contributed by atoms with Crippen molar-refractivity contribution in [2.45, 2.75) is 19.9 Å². The summed E-state index contributed by atoms with van der Waals surface area (Å²) in [7, 11) is 0. The first kappa shape index (κ1) is 12.5. The molecule has 0 radical (unpaired) electrons. The van der Waals surface area contributed by atoms with Crippen LogP contribution in [-0.4, -0.2) is 0 Å². The van der Waals surface area contributed by atoms with E-state index in [1.807, 2.05) is 30.3 Å². The van der Waals surface area contributed by atoms with Gasteiger partial charge >= 0.3 is 0 Å². The minimum absolute atomic E-state index is 0.576. The molecule has 94 valence electrons. The number of hydrogen-bond acceptors (Lipinski definition) is 3. The van der Waals surface area contributed by atoms with Crippen molar-refractivity contribution in [1.29, 1.82) is 0 Å². The molecule has 0 aliphatic carbocycles. The molecule has 0 amide bonds. The van der Waals surface area contributed by atoms with Crippen LogP contribution in [0, 0.1) is 0 Å². The van der Waals surface area contributed by atoms with Gasteiger partial charge in [-0.1, -0.05) is 31.2 Å². The topological polar surface area (TPSA) is 50.1 Å². The first-order valence-corrected chi connectivity index (χ1v) is 6.22. The van der Waals surface area contributed by atoms with Crippen molar-refractivity contribution in [3.63, 3.8) is 0 Å². The average molecular weight is 241 g/mol. The van der Waals surface area contributed by atoms with E-state index < -0.39 is 0 Å². The normalized spacial score (nSPS) is 10.1. The van der Waals surface area contributed by atoms with Gasteiger partial charge in [-0.05, 0) is 41.8 Å². The zero-order valence-corrected chi connectivity index (χ0v) is 10.6. The first-order chi connectivity index (χ1) is 8.81. The number of nitrogens with one attached hydrogen (secondary N) is 2. The second kappa shape index (κ2) is 6.07. The number of rotatable bonds is 5. The number of hydrazine groups is 1. The predicted octanol–water partition coefficient (Wildman–Crippen LogP) is 3.15. The number of aryl methyl sites for hydroxylation is 1. The molecule has 4 N–H and O–H groups in total. The standard InChI is InChI=1S/C15H19N3/c1-2-12-4-3-5-15(10-12)18-17-14-8-6-13(11-16)7-9-14/h3-10,17-18H,2,11,16H2,1H3. The molecule has 0 aliphatic rings. The van der Waals surface area contributed by atoms with Crippen LogP contribution in [0.25, 0.3) is 0 Å². The molecule has 2 rings (SSSR count). The molecule has 0 saturated carbocycles. The van der Waals surface area contributed by atoms with E-state index in [-0.39, 0.29) is 0 Å². The lowest BCUT2D eigenvalue weighted by atomic mass is 10.1. The van der Waals surface area contributed by atoms with Gasteiger partial charge in [0.05, 0.1) is 11.4 Å². The van der Waals surface area contributed by atoms with Gasteiger partial charge in [-0.15, -0.1) is 0 Å². The highest BCUT2D eigenvalue weighted by molar-refractivity contribution is 5.53. The molecule has 0 fully saturated rings. The quantitative estimate of drug-likeness (QED) is 0.705. The Morgan fingerprint density at radius 1 is 0.889 bits per heavy atom. The van der Waals surface area contributed by atoms with Crippen molar-refractivity contribution >= 4 is 11.4 Å². The second-order valence-electron chi connectivity index (χ2n) is 4.20. The van der Waals surface area contributed by atoms with Crippen LogP contribution in [0.2, 0.25) is 0 Å². The summed E-state index contributed by atoms with van der Waals surface area (Å²) in [6, 6.07) is 16.4. The zero-order valence-electron chi connectivity index (χ0n) is 10.6. The lowest BCUT2D eigenvalue weighted by Crippen LogP contribution is -2.08. The van der Waals surface area contributed by atoms with Gasteiger partial charge in [0.2, 0.25) is 0 Å². The average Bonchev–Trinajstić information content (AvgIpc) is 2.46. The molecular formula is C15H19N3. The van der Waals surface area contributed by atoms with Crippen LogP contribution in [0.15, 0.2) is 48.5 Å². The molecule has 2 aromatic carbocycles. The van der Waals surface area contributed by atoms with Crippen LogP contribution in [0.5, 0.6) is 0 Å². The summed E-state index contributed by atoms with van der Waals surface area (Å²) >= 11 is 0. The van der Waals surface area contributed by atoms with Crippen molar-refractivity contribution in [3.05, 3.63) is 59.7 Å². The molecule has 0 heterocycles. The largest absolute Gasteiger partial charge is 0.326 e. The Balaban J connectivity index is 1.97. The first-order valence-electron chi connectivity index (χ1n) is 6.22. The number of nitrogens with two attached hydrogens (primary N) is 1. The fourth-order valence-electron chi connectivity index (χ4n) is 1.74. The van der Waals surface area contributed by atoms with Crippen LogP contribution in [0.3, 0.4) is 0 Å². The third-order valence-electron chi connectivity index (χ3n) is 2.88. The maximum Gasteiger partial charge on any atom is 0.0542 e. The summed E-state index contributed by atoms with van der Waals surface area (Å²) in [5, 5.41) is 0. The summed E-state index contributed by atoms with van der Waals surface area (Å²) < 4.78 is 0. The van der Waals surface area contributed by atoms with E-state index in [2.05, 4.69) is 36.0 Å². The minimum atomic E-state index is 0.576. The van der Waals surface area contributed by atoms with Crippen LogP contribution in [0.1, 0.15) is 18.1 Å². The Bertz CT molecular complexity index is 491. The van der Waals surface area contributed by atoms with Crippen molar-refractivity contribution in [2.75, 3.05) is 10.9 Å². The zero-order chi connectivity index (χ0) is 12.8. The fraction of sp³-hybridized carbons (Fsp3) is 0.200. The molecule has 0 aliphatic heterocycles. The highest BCUT2D eigenvalue weighted by atomic mass is 15.4. The molecule has 3 nitrogen and oxygen atoms in total. The van der Waals surface area contributed by atoms with E-state index in [0.717, 1.165) is 23.4 Å². The van der Waals surface area contributed by atoms with Gasteiger partial charge in [0.15, 0.2) is 0 Å². The van der Waals surface area contributed by atoms with E-state index in [4.69, 9.17) is 5.73 Å². The maximum absolute atomic E-state index is 5.56. The lowest BCUT2D eigenvalue weighted by Gasteiger charge is -2.11. The highest BCUT2D eigenvalue weighted by Crippen LogP contribution is 2.13. The van der Waals surface area contributed by atoms with Gasteiger partial charge in [-0.2, -0.15) is 0 Å². The van der Waals surface area contributed by atoms with E-state index in [0.29, 0.717) is 6.54 Å². The van der Waals surface area contributed by atoms with Gasteiger partial charge in [-0.25, -0.2) is 0 Å². The molecule has 2 aromatic rings. The van der Waals surface area contributed by atoms with Crippen molar-refractivity contribution < 1.29 is 0 Å². The SMILES string of the molecule is CCc1cccc(NNc2ccc(CN)cc2)c1. The Morgan fingerprint density at radius 2 is 1.61 bits per heavy atom. The van der Waals surface area contributed by atoms with Gasteiger partial charge in [0.25, 0.3) is 0 Å². The van der Waals surface area contributed by atoms with Crippen LogP contribution in [0.4, 0.5) is 11.4 Å². The van der Waals surface area contributed by atoms with Gasteiger partial charge < -0.3 is 16.6 Å². The Hall–Kier alpha value is -2.00. The van der Waals surface area contributed by atoms with Crippen LogP contribution in [-0.2, 0) is 13.0 Å². The Morgan fingerprint density at radius 3 is 2.28 bits per heavy atom. The summed E-state index contributed by atoms with van der Waals surface area (Å²) in [5.41, 5.74) is 16.5. The van der Waals surface area contributed by atoms with Crippen molar-refractivity contribution in [2.24, 2.45) is 5.73 Å². The molecule has 0 bridgehead atoms. The molecule has 0 spiro atoms. The van der Waals surface area contributed by atoms with Gasteiger partial charge in [0.1, 0.15) is 0 Å². The van der Waals surface area contributed by atoms with E-state index in [9.17, 15) is 0 Å². The van der Waals surface area contributed by atoms with Gasteiger partial charge in [-0.3, -0.25) is 0 Å². The second-order valence-corrected chi connectivity index (χ2v) is 4.20. The predicted molar refractivity (Wildman–Crippen MR) is 77.4 cm³/mol. The summed E-state index contributed by atoms with van der Waals surface area (Å²) in [4.78, 5) is 0. The number of anilines is 2. The molecular weight excluding hydrogens is 222 g/mol. The highest BCUT2D eigenvalue weighted by Gasteiger charge is 1.95.